The Kier molecular flexibility index (Phi) is 8.50. The number of aryl methyl sites for hydroxylation is 1. The minimum Gasteiger partial charge on any atom is -0.339 e. The fourth-order valence-corrected chi connectivity index (χ4v) is 10.2. The van der Waals surface area contributed by atoms with Crippen molar-refractivity contribution in [1.29, 1.82) is 0 Å². The summed E-state index contributed by atoms with van der Waals surface area (Å²) in [4.78, 5) is 31.8. The highest BCUT2D eigenvalue weighted by molar-refractivity contribution is 5.80. The molecule has 0 bridgehead atoms. The Bertz CT molecular complexity index is 1340. The summed E-state index contributed by atoms with van der Waals surface area (Å²) in [6.45, 7) is 24.9. The molecule has 0 spiro atoms. The van der Waals surface area contributed by atoms with Crippen molar-refractivity contribution in [2.45, 2.75) is 168 Å². The zero-order valence-corrected chi connectivity index (χ0v) is 31.3. The first kappa shape index (κ1) is 35.4. The van der Waals surface area contributed by atoms with E-state index in [0.29, 0.717) is 18.7 Å². The molecule has 3 heterocycles. The lowest BCUT2D eigenvalue weighted by molar-refractivity contribution is -0.671. The van der Waals surface area contributed by atoms with Crippen molar-refractivity contribution in [3.8, 4) is 0 Å². The van der Waals surface area contributed by atoms with E-state index in [1.54, 1.807) is 0 Å². The molecule has 8 heteroatoms. The fourth-order valence-electron chi connectivity index (χ4n) is 10.2. The molecule has 4 N–H and O–H groups in total. The van der Waals surface area contributed by atoms with Gasteiger partial charge in [-0.3, -0.25) is 9.59 Å². The van der Waals surface area contributed by atoms with Crippen LogP contribution in [0.2, 0.25) is 0 Å². The summed E-state index contributed by atoms with van der Waals surface area (Å²) < 4.78 is 4.46. The number of nitrogens with two attached hydrogens (primary N) is 2. The fraction of sp³-hybridized carbons (Fsp3) is 0.868. The van der Waals surface area contributed by atoms with E-state index in [2.05, 4.69) is 114 Å². The number of rotatable bonds is 12. The third kappa shape index (κ3) is 5.65. The predicted octanol–water partition coefficient (Wildman–Crippen LogP) is 5.66. The van der Waals surface area contributed by atoms with Crippen LogP contribution in [-0.4, -0.2) is 61.9 Å². The molecule has 2 aliphatic carbocycles. The van der Waals surface area contributed by atoms with Crippen LogP contribution in [-0.2, 0) is 22.2 Å². The number of carbonyl (C=O) groups is 2. The highest BCUT2D eigenvalue weighted by Crippen LogP contribution is 2.76. The second-order valence-corrected chi connectivity index (χ2v) is 19.3. The molecule has 8 nitrogen and oxygen atoms in total. The van der Waals surface area contributed by atoms with Crippen molar-refractivity contribution in [3.63, 3.8) is 0 Å². The van der Waals surface area contributed by atoms with Gasteiger partial charge in [-0.25, -0.2) is 9.13 Å². The Labute approximate surface area is 280 Å². The van der Waals surface area contributed by atoms with E-state index in [4.69, 9.17) is 11.5 Å². The maximum absolute atomic E-state index is 13.7. The Balaban J connectivity index is 1.52. The van der Waals surface area contributed by atoms with Crippen molar-refractivity contribution in [2.24, 2.45) is 40.2 Å². The Morgan fingerprint density at radius 3 is 2.02 bits per heavy atom. The van der Waals surface area contributed by atoms with Crippen LogP contribution in [0, 0.1) is 21.7 Å². The van der Waals surface area contributed by atoms with Crippen LogP contribution >= 0.6 is 0 Å². The summed E-state index contributed by atoms with van der Waals surface area (Å²) in [6, 6.07) is 0.0135. The van der Waals surface area contributed by atoms with Gasteiger partial charge in [-0.05, 0) is 87.4 Å². The molecule has 5 rings (SSSR count). The van der Waals surface area contributed by atoms with Crippen LogP contribution in [0.1, 0.15) is 140 Å². The van der Waals surface area contributed by atoms with E-state index < -0.39 is 5.54 Å². The van der Waals surface area contributed by atoms with Gasteiger partial charge >= 0.3 is 0 Å². The SMILES string of the molecule is C[n+]1ccn(C2(CC(C)(C)C3(C)CC3(CC(C)(C)C(C)(C)C(CC(C)(C)N)N3CCCCCC3=O)N3CCCC3=O)CC2(C)N)c1. The number of hydrogen-bond donors (Lipinski definition) is 2. The number of nitrogens with zero attached hydrogens (tertiary/aromatic N) is 4. The second-order valence-electron chi connectivity index (χ2n) is 19.3. The molecular weight excluding hydrogens is 572 g/mol. The Hall–Kier alpha value is -1.93. The molecule has 2 saturated carbocycles. The third-order valence-corrected chi connectivity index (χ3v) is 14.2. The van der Waals surface area contributed by atoms with Crippen LogP contribution < -0.4 is 16.0 Å². The topological polar surface area (TPSA) is 101 Å². The van der Waals surface area contributed by atoms with Crippen molar-refractivity contribution < 1.29 is 14.2 Å². The number of imidazole rings is 1. The number of aromatic nitrogens is 2. The molecule has 0 aromatic carbocycles. The molecule has 0 radical (unpaired) electrons. The second kappa shape index (κ2) is 11.0. The summed E-state index contributed by atoms with van der Waals surface area (Å²) in [6.07, 6.45) is 16.3. The van der Waals surface area contributed by atoms with Gasteiger partial charge in [0.25, 0.3) is 0 Å². The average molecular weight is 640 g/mol. The maximum atomic E-state index is 13.7. The smallest absolute Gasteiger partial charge is 0.244 e. The summed E-state index contributed by atoms with van der Waals surface area (Å²) in [5.74, 6) is 0.577. The van der Waals surface area contributed by atoms with Crippen molar-refractivity contribution in [2.75, 3.05) is 13.1 Å². The third-order valence-electron chi connectivity index (χ3n) is 14.2. The zero-order valence-electron chi connectivity index (χ0n) is 31.3. The van der Waals surface area contributed by atoms with Crippen molar-refractivity contribution in [3.05, 3.63) is 18.7 Å². The molecule has 2 saturated heterocycles. The molecule has 1 aromatic heterocycles. The van der Waals surface area contributed by atoms with Crippen LogP contribution in [0.15, 0.2) is 18.7 Å². The standard InChI is InChI=1S/C38H67N6O2/c1-31(2,34(7,8)28(22-33(5,6)39)43-18-14-12-13-16-29(43)45)23-37(44-19-15-17-30(44)46)25-35(37,9)32(3,4)24-38(26-36(38,10)40)42-21-20-41(11)27-42/h20-21,27-28H,12-19,22-26,39-40H2,1-11H3/q+1. The van der Waals surface area contributed by atoms with Gasteiger partial charge in [0.2, 0.25) is 18.1 Å². The number of hydrogen-bond acceptors (Lipinski definition) is 4. The zero-order chi connectivity index (χ0) is 34.4. The van der Waals surface area contributed by atoms with Gasteiger partial charge in [0.15, 0.2) is 0 Å². The average Bonchev–Trinajstić information content (AvgIpc) is 3.46. The summed E-state index contributed by atoms with van der Waals surface area (Å²) in [7, 11) is 2.07. The minimum atomic E-state index is -0.411. The molecular formula is C38H67N6O2+. The van der Waals surface area contributed by atoms with Crippen LogP contribution in [0.3, 0.4) is 0 Å². The van der Waals surface area contributed by atoms with E-state index >= 15 is 0 Å². The first-order chi connectivity index (χ1) is 21.0. The lowest BCUT2D eigenvalue weighted by Crippen LogP contribution is -2.59. The normalized spacial score (nSPS) is 33.4. The van der Waals surface area contributed by atoms with Gasteiger partial charge in [0, 0.05) is 49.5 Å². The highest BCUT2D eigenvalue weighted by Gasteiger charge is 2.78. The largest absolute Gasteiger partial charge is 0.339 e. The number of carbonyl (C=O) groups excluding carboxylic acids is 2. The Morgan fingerprint density at radius 2 is 1.50 bits per heavy atom. The van der Waals surface area contributed by atoms with E-state index in [1.807, 2.05) is 0 Å². The summed E-state index contributed by atoms with van der Waals surface area (Å²) in [5.41, 5.74) is 12.0. The number of likely N-dealkylation sites (tertiary alicyclic amines) is 2. The van der Waals surface area contributed by atoms with Gasteiger partial charge < -0.3 is 21.3 Å². The summed E-state index contributed by atoms with van der Waals surface area (Å²) >= 11 is 0. The van der Waals surface area contributed by atoms with Crippen LogP contribution in [0.5, 0.6) is 0 Å². The molecule has 5 unspecified atom stereocenters. The van der Waals surface area contributed by atoms with Crippen LogP contribution in [0.25, 0.3) is 0 Å². The van der Waals surface area contributed by atoms with Gasteiger partial charge in [0.1, 0.15) is 17.9 Å². The van der Waals surface area contributed by atoms with Gasteiger partial charge in [-0.1, -0.05) is 54.9 Å². The van der Waals surface area contributed by atoms with Crippen molar-refractivity contribution >= 4 is 11.8 Å². The lowest BCUT2D eigenvalue weighted by Gasteiger charge is -2.55. The van der Waals surface area contributed by atoms with E-state index in [9.17, 15) is 9.59 Å². The molecule has 2 aliphatic heterocycles. The molecule has 46 heavy (non-hydrogen) atoms. The van der Waals surface area contributed by atoms with E-state index in [-0.39, 0.29) is 50.2 Å². The van der Waals surface area contributed by atoms with Gasteiger partial charge in [0.05, 0.1) is 12.6 Å². The highest BCUT2D eigenvalue weighted by atomic mass is 16.2. The van der Waals surface area contributed by atoms with Gasteiger partial charge in [-0.15, -0.1) is 0 Å². The van der Waals surface area contributed by atoms with Gasteiger partial charge in [-0.2, -0.15) is 0 Å². The quantitative estimate of drug-likeness (QED) is 0.288. The summed E-state index contributed by atoms with van der Waals surface area (Å²) in [5, 5.41) is 0. The lowest BCUT2D eigenvalue weighted by atomic mass is 9.57. The van der Waals surface area contributed by atoms with Crippen LogP contribution in [0.4, 0.5) is 0 Å². The van der Waals surface area contributed by atoms with E-state index in [1.165, 1.54) is 0 Å². The first-order valence-corrected chi connectivity index (χ1v) is 18.2. The molecule has 260 valence electrons. The molecule has 2 amide bonds. The number of amides is 2. The monoisotopic (exact) mass is 640 g/mol. The molecule has 4 fully saturated rings. The van der Waals surface area contributed by atoms with Crippen molar-refractivity contribution in [1.82, 2.24) is 14.4 Å². The molecule has 5 atom stereocenters. The first-order valence-electron chi connectivity index (χ1n) is 18.2. The predicted molar refractivity (Wildman–Crippen MR) is 185 cm³/mol. The molecule has 1 aromatic rings. The maximum Gasteiger partial charge on any atom is 0.244 e. The van der Waals surface area contributed by atoms with E-state index in [0.717, 1.165) is 70.9 Å². The molecule has 4 aliphatic rings. The Morgan fingerprint density at radius 1 is 0.870 bits per heavy atom. The minimum absolute atomic E-state index is 0.0135.